The van der Waals surface area contributed by atoms with E-state index in [0.29, 0.717) is 19.6 Å². The average Bonchev–Trinajstić information content (AvgIpc) is 2.20. The molecule has 0 aromatic rings. The first-order valence-electron chi connectivity index (χ1n) is 5.31. The van der Waals surface area contributed by atoms with Crippen LogP contribution >= 0.6 is 0 Å². The number of rotatable bonds is 7. The lowest BCUT2D eigenvalue weighted by Gasteiger charge is -2.17. The number of aliphatic hydroxyl groups excluding tert-OH is 3. The van der Waals surface area contributed by atoms with E-state index in [0.717, 1.165) is 0 Å². The summed E-state index contributed by atoms with van der Waals surface area (Å²) in [6, 6.07) is 0. The van der Waals surface area contributed by atoms with E-state index in [1.165, 1.54) is 12.8 Å². The summed E-state index contributed by atoms with van der Waals surface area (Å²) in [6.07, 6.45) is 2.64. The summed E-state index contributed by atoms with van der Waals surface area (Å²) in [4.78, 5) is 1.79. The first kappa shape index (κ1) is 16.3. The summed E-state index contributed by atoms with van der Waals surface area (Å²) in [7, 11) is 0. The number of aliphatic hydroxyl groups is 3. The van der Waals surface area contributed by atoms with Gasteiger partial charge in [0.1, 0.15) is 0 Å². The molecule has 0 atom stereocenters. The summed E-state index contributed by atoms with van der Waals surface area (Å²) in [5, 5.41) is 25.5. The van der Waals surface area contributed by atoms with E-state index in [1.54, 1.807) is 4.90 Å². The van der Waals surface area contributed by atoms with E-state index in [1.807, 2.05) is 0 Å². The summed E-state index contributed by atoms with van der Waals surface area (Å²) >= 11 is 0. The molecule has 0 saturated heterocycles. The molecule has 88 valence electrons. The zero-order chi connectivity index (χ0) is 11.2. The van der Waals surface area contributed by atoms with Gasteiger partial charge in [-0.2, -0.15) is 0 Å². The highest BCUT2D eigenvalue weighted by atomic mass is 16.3. The lowest BCUT2D eigenvalue weighted by Crippen LogP contribution is -2.32. The van der Waals surface area contributed by atoms with Gasteiger partial charge in [0.2, 0.25) is 0 Å². The third-order valence-electron chi connectivity index (χ3n) is 1.75. The Kier molecular flexibility index (Phi) is 17.8. The largest absolute Gasteiger partial charge is 0.395 e. The van der Waals surface area contributed by atoms with Crippen molar-refractivity contribution in [1.29, 1.82) is 0 Å². The van der Waals surface area contributed by atoms with Crippen LogP contribution in [0.4, 0.5) is 0 Å². The molecule has 0 fully saturated rings. The van der Waals surface area contributed by atoms with Crippen molar-refractivity contribution in [2.24, 2.45) is 0 Å². The van der Waals surface area contributed by atoms with Crippen LogP contribution in [-0.2, 0) is 0 Å². The van der Waals surface area contributed by atoms with Crippen molar-refractivity contribution in [2.75, 3.05) is 39.5 Å². The van der Waals surface area contributed by atoms with Crippen molar-refractivity contribution < 1.29 is 15.3 Å². The summed E-state index contributed by atoms with van der Waals surface area (Å²) in [5.41, 5.74) is 0. The van der Waals surface area contributed by atoms with Gasteiger partial charge in [-0.15, -0.1) is 0 Å². The molecule has 0 radical (unpaired) electrons. The normalized spacial score (nSPS) is 9.86. The molecule has 0 aliphatic carbocycles. The Morgan fingerprint density at radius 2 is 1.00 bits per heavy atom. The maximum Gasteiger partial charge on any atom is 0.0558 e. The van der Waals surface area contributed by atoms with Gasteiger partial charge in [0.15, 0.2) is 0 Å². The minimum atomic E-state index is 0.0694. The Balaban J connectivity index is 0. The molecule has 0 aromatic carbocycles. The molecule has 14 heavy (non-hydrogen) atoms. The van der Waals surface area contributed by atoms with Crippen molar-refractivity contribution in [3.63, 3.8) is 0 Å². The lowest BCUT2D eigenvalue weighted by atomic mass is 10.4. The van der Waals surface area contributed by atoms with Crippen LogP contribution < -0.4 is 0 Å². The summed E-state index contributed by atoms with van der Waals surface area (Å²) < 4.78 is 0. The molecular formula is C10H25NO3. The maximum atomic E-state index is 8.48. The van der Waals surface area contributed by atoms with Crippen LogP contribution in [0.5, 0.6) is 0 Å². The molecule has 0 aromatic heterocycles. The Bertz CT molecular complexity index is 75.2. The van der Waals surface area contributed by atoms with Crippen LogP contribution in [0, 0.1) is 0 Å². The van der Waals surface area contributed by atoms with Crippen molar-refractivity contribution >= 4 is 0 Å². The van der Waals surface area contributed by atoms with Crippen LogP contribution in [0.2, 0.25) is 0 Å². The Labute approximate surface area is 87.2 Å². The molecule has 0 aliphatic heterocycles. The molecule has 0 bridgehead atoms. The van der Waals surface area contributed by atoms with Gasteiger partial charge in [0, 0.05) is 19.6 Å². The molecule has 0 amide bonds. The molecule has 0 rings (SSSR count). The predicted octanol–water partition coefficient (Wildman–Crippen LogP) is 0.0717. The van der Waals surface area contributed by atoms with Gasteiger partial charge >= 0.3 is 0 Å². The fourth-order valence-electron chi connectivity index (χ4n) is 0.760. The van der Waals surface area contributed by atoms with Gasteiger partial charge in [-0.25, -0.2) is 0 Å². The zero-order valence-electron chi connectivity index (χ0n) is 9.45. The number of nitrogens with zero attached hydrogens (tertiary/aromatic N) is 1. The van der Waals surface area contributed by atoms with Crippen molar-refractivity contribution in [3.05, 3.63) is 0 Å². The maximum absolute atomic E-state index is 8.48. The molecule has 4 nitrogen and oxygen atoms in total. The third-order valence-corrected chi connectivity index (χ3v) is 1.75. The molecule has 4 heteroatoms. The Hall–Kier alpha value is -0.160. The zero-order valence-corrected chi connectivity index (χ0v) is 9.45. The van der Waals surface area contributed by atoms with Crippen LogP contribution in [0.1, 0.15) is 26.7 Å². The second-order valence-electron chi connectivity index (χ2n) is 3.01. The van der Waals surface area contributed by atoms with E-state index in [9.17, 15) is 0 Å². The Morgan fingerprint density at radius 3 is 1.14 bits per heavy atom. The minimum Gasteiger partial charge on any atom is -0.395 e. The molecule has 0 spiro atoms. The molecule has 0 saturated carbocycles. The highest BCUT2D eigenvalue weighted by molar-refractivity contribution is 4.54. The number of unbranched alkanes of at least 4 members (excludes halogenated alkanes) is 1. The smallest absolute Gasteiger partial charge is 0.0558 e. The van der Waals surface area contributed by atoms with Crippen LogP contribution in [0.15, 0.2) is 0 Å². The monoisotopic (exact) mass is 207 g/mol. The number of hydrogen-bond donors (Lipinski definition) is 3. The van der Waals surface area contributed by atoms with Crippen LogP contribution in [0.25, 0.3) is 0 Å². The van der Waals surface area contributed by atoms with Crippen molar-refractivity contribution in [1.82, 2.24) is 4.90 Å². The minimum absolute atomic E-state index is 0.0694. The fourth-order valence-corrected chi connectivity index (χ4v) is 0.760. The Morgan fingerprint density at radius 1 is 0.714 bits per heavy atom. The molecular weight excluding hydrogens is 182 g/mol. The lowest BCUT2D eigenvalue weighted by molar-refractivity contribution is 0.136. The molecule has 3 N–H and O–H groups in total. The quantitative estimate of drug-likeness (QED) is 0.553. The molecule has 0 aliphatic rings. The summed E-state index contributed by atoms with van der Waals surface area (Å²) in [6.45, 7) is 6.11. The van der Waals surface area contributed by atoms with Crippen LogP contribution in [-0.4, -0.2) is 59.7 Å². The molecule has 0 unspecified atom stereocenters. The summed E-state index contributed by atoms with van der Waals surface area (Å²) in [5.74, 6) is 0. The first-order chi connectivity index (χ1) is 6.76. The van der Waals surface area contributed by atoms with Gasteiger partial charge in [-0.05, 0) is 0 Å². The fraction of sp³-hybridized carbons (Fsp3) is 1.00. The van der Waals surface area contributed by atoms with Crippen molar-refractivity contribution in [3.8, 4) is 0 Å². The second kappa shape index (κ2) is 15.3. The topological polar surface area (TPSA) is 63.9 Å². The van der Waals surface area contributed by atoms with Gasteiger partial charge in [0.05, 0.1) is 19.8 Å². The van der Waals surface area contributed by atoms with Gasteiger partial charge in [-0.1, -0.05) is 26.7 Å². The van der Waals surface area contributed by atoms with Crippen LogP contribution in [0.3, 0.4) is 0 Å². The predicted molar refractivity (Wildman–Crippen MR) is 58.3 cm³/mol. The van der Waals surface area contributed by atoms with Gasteiger partial charge in [-0.3, -0.25) is 4.90 Å². The highest BCUT2D eigenvalue weighted by Gasteiger charge is 2.00. The van der Waals surface area contributed by atoms with E-state index in [2.05, 4.69) is 13.8 Å². The SMILES string of the molecule is CCCC.OCCN(CCO)CCO. The van der Waals surface area contributed by atoms with E-state index < -0.39 is 0 Å². The van der Waals surface area contributed by atoms with E-state index in [-0.39, 0.29) is 19.8 Å². The van der Waals surface area contributed by atoms with Gasteiger partial charge < -0.3 is 15.3 Å². The molecule has 0 heterocycles. The third kappa shape index (κ3) is 14.4. The highest BCUT2D eigenvalue weighted by Crippen LogP contribution is 1.84. The standard InChI is InChI=1S/C6H15NO3.C4H10/c8-4-1-7(2-5-9)3-6-10;1-3-4-2/h8-10H,1-6H2;3-4H2,1-2H3. The average molecular weight is 207 g/mol. The second-order valence-corrected chi connectivity index (χ2v) is 3.01. The van der Waals surface area contributed by atoms with Gasteiger partial charge in [0.25, 0.3) is 0 Å². The first-order valence-corrected chi connectivity index (χ1v) is 5.31. The van der Waals surface area contributed by atoms with E-state index in [4.69, 9.17) is 15.3 Å². The number of hydrogen-bond acceptors (Lipinski definition) is 4. The van der Waals surface area contributed by atoms with Crippen molar-refractivity contribution in [2.45, 2.75) is 26.7 Å². The van der Waals surface area contributed by atoms with E-state index >= 15 is 0 Å².